The highest BCUT2D eigenvalue weighted by atomic mass is 16.5. The first-order valence-electron chi connectivity index (χ1n) is 12.1. The second-order valence-electron chi connectivity index (χ2n) is 8.68. The molecule has 0 unspecified atom stereocenters. The molecule has 8 nitrogen and oxygen atoms in total. The van der Waals surface area contributed by atoms with E-state index in [9.17, 15) is 9.59 Å². The van der Waals surface area contributed by atoms with Gasteiger partial charge < -0.3 is 14.2 Å². The number of amides is 1. The largest absolute Gasteiger partial charge is 0.496 e. The molecule has 0 spiro atoms. The lowest BCUT2D eigenvalue weighted by Gasteiger charge is -2.34. The maximum atomic E-state index is 13.7. The third-order valence-electron chi connectivity index (χ3n) is 6.59. The van der Waals surface area contributed by atoms with Gasteiger partial charge in [0.1, 0.15) is 17.5 Å². The molecule has 1 fully saturated rings. The van der Waals surface area contributed by atoms with Crippen LogP contribution in [-0.2, 0) is 14.3 Å². The van der Waals surface area contributed by atoms with Gasteiger partial charge in [-0.05, 0) is 44.5 Å². The van der Waals surface area contributed by atoms with Gasteiger partial charge in [0.2, 0.25) is 0 Å². The summed E-state index contributed by atoms with van der Waals surface area (Å²) in [5, 5.41) is 6.35. The number of carbonyl (C=O) groups is 2. The molecular weight excluding hydrogens is 446 g/mol. The Morgan fingerprint density at radius 1 is 1.00 bits per heavy atom. The fourth-order valence-corrected chi connectivity index (χ4v) is 4.90. The molecule has 8 heteroatoms. The lowest BCUT2D eigenvalue weighted by atomic mass is 9.97. The van der Waals surface area contributed by atoms with Crippen LogP contribution in [-0.4, -0.2) is 67.5 Å². The maximum absolute atomic E-state index is 13.7. The molecule has 4 rings (SSSR count). The second-order valence-corrected chi connectivity index (χ2v) is 8.68. The monoisotopic (exact) mass is 479 g/mol. The molecular formula is C27H33N3O5. The Balaban J connectivity index is 1.65. The summed E-state index contributed by atoms with van der Waals surface area (Å²) < 4.78 is 16.4. The summed E-state index contributed by atoms with van der Waals surface area (Å²) in [5.41, 5.74) is 2.51. The van der Waals surface area contributed by atoms with Crippen LogP contribution >= 0.6 is 0 Å². The van der Waals surface area contributed by atoms with E-state index >= 15 is 0 Å². The van der Waals surface area contributed by atoms with Crippen molar-refractivity contribution < 1.29 is 23.8 Å². The average molecular weight is 480 g/mol. The van der Waals surface area contributed by atoms with Crippen molar-refractivity contribution in [3.63, 3.8) is 0 Å². The molecule has 0 aliphatic carbocycles. The third kappa shape index (κ3) is 5.32. The minimum atomic E-state index is -0.405. The molecule has 0 radical (unpaired) electrons. The Labute approximate surface area is 206 Å². The average Bonchev–Trinajstić information content (AvgIpc) is 3.34. The zero-order chi connectivity index (χ0) is 24.8. The molecule has 186 valence electrons. The van der Waals surface area contributed by atoms with Gasteiger partial charge in [-0.15, -0.1) is 0 Å². The predicted octanol–water partition coefficient (Wildman–Crippen LogP) is 3.80. The number of para-hydroxylation sites is 2. The molecule has 1 saturated heterocycles. The Kier molecular flexibility index (Phi) is 8.02. The third-order valence-corrected chi connectivity index (χ3v) is 6.59. The Morgan fingerprint density at radius 2 is 1.71 bits per heavy atom. The van der Waals surface area contributed by atoms with Gasteiger partial charge in [0, 0.05) is 17.5 Å². The van der Waals surface area contributed by atoms with E-state index in [4.69, 9.17) is 19.3 Å². The van der Waals surface area contributed by atoms with Crippen LogP contribution < -0.4 is 9.47 Å². The van der Waals surface area contributed by atoms with E-state index in [-0.39, 0.29) is 24.5 Å². The number of hydrazone groups is 1. The Hall–Kier alpha value is -3.39. The number of ether oxygens (including phenoxy) is 3. The molecule has 1 amide bonds. The minimum absolute atomic E-state index is 0.0951. The quantitative estimate of drug-likeness (QED) is 0.536. The highest BCUT2D eigenvalue weighted by Gasteiger charge is 2.38. The number of carbonyl (C=O) groups excluding carboxylic acids is 2. The number of piperidine rings is 1. The van der Waals surface area contributed by atoms with E-state index in [0.29, 0.717) is 37.5 Å². The first-order valence-corrected chi connectivity index (χ1v) is 12.1. The van der Waals surface area contributed by atoms with Crippen LogP contribution in [0.15, 0.2) is 53.6 Å². The first-order chi connectivity index (χ1) is 17.1. The summed E-state index contributed by atoms with van der Waals surface area (Å²) in [7, 11) is 3.25. The van der Waals surface area contributed by atoms with Gasteiger partial charge in [0.15, 0.2) is 0 Å². The summed E-state index contributed by atoms with van der Waals surface area (Å²) in [6.45, 7) is 2.89. The predicted molar refractivity (Wildman–Crippen MR) is 133 cm³/mol. The number of methoxy groups -OCH3 is 2. The van der Waals surface area contributed by atoms with Gasteiger partial charge in [-0.2, -0.15) is 5.10 Å². The summed E-state index contributed by atoms with van der Waals surface area (Å²) in [6.07, 6.45) is 3.10. The Morgan fingerprint density at radius 3 is 2.46 bits per heavy atom. The maximum Gasteiger partial charge on any atom is 0.323 e. The molecule has 2 aromatic carbocycles. The van der Waals surface area contributed by atoms with E-state index in [0.717, 1.165) is 29.7 Å². The summed E-state index contributed by atoms with van der Waals surface area (Å²) in [5.74, 6) is 0.981. The van der Waals surface area contributed by atoms with E-state index in [1.54, 1.807) is 26.2 Å². The lowest BCUT2D eigenvalue weighted by molar-refractivity contribution is -0.152. The van der Waals surface area contributed by atoms with E-state index in [1.807, 2.05) is 53.4 Å². The van der Waals surface area contributed by atoms with Crippen LogP contribution in [0.1, 0.15) is 49.8 Å². The van der Waals surface area contributed by atoms with Crippen molar-refractivity contribution in [1.29, 1.82) is 0 Å². The highest BCUT2D eigenvalue weighted by Crippen LogP contribution is 2.39. The van der Waals surface area contributed by atoms with Crippen LogP contribution in [0, 0.1) is 0 Å². The van der Waals surface area contributed by atoms with Crippen LogP contribution in [0.2, 0.25) is 0 Å². The van der Waals surface area contributed by atoms with Crippen molar-refractivity contribution in [3.8, 4) is 11.5 Å². The number of nitrogens with zero attached hydrogens (tertiary/aromatic N) is 3. The molecule has 0 aromatic heterocycles. The molecule has 2 aliphatic heterocycles. The van der Waals surface area contributed by atoms with Crippen molar-refractivity contribution >= 4 is 17.6 Å². The van der Waals surface area contributed by atoms with Crippen molar-refractivity contribution in [2.24, 2.45) is 5.10 Å². The van der Waals surface area contributed by atoms with E-state index < -0.39 is 6.04 Å². The van der Waals surface area contributed by atoms with E-state index in [2.05, 4.69) is 0 Å². The van der Waals surface area contributed by atoms with Crippen LogP contribution in [0.5, 0.6) is 11.5 Å². The molecule has 2 heterocycles. The van der Waals surface area contributed by atoms with Crippen LogP contribution in [0.4, 0.5) is 0 Å². The van der Waals surface area contributed by atoms with Crippen molar-refractivity contribution in [2.75, 3.05) is 33.9 Å². The molecule has 2 aromatic rings. The Bertz CT molecular complexity index is 1090. The zero-order valence-electron chi connectivity index (χ0n) is 20.6. The minimum Gasteiger partial charge on any atom is -0.496 e. The van der Waals surface area contributed by atoms with Gasteiger partial charge in [0.05, 0.1) is 39.1 Å². The molecule has 0 bridgehead atoms. The standard InChI is InChI=1S/C27H33N3O5/c1-4-35-27(32)22-13-9-10-16-29(22)18-26(31)30-23(20-12-6-8-15-25(20)34-3)17-21(28-30)19-11-5-7-14-24(19)33-2/h5-8,11-12,14-15,22-23H,4,9-10,13,16-18H2,1-3H3/t22-,23+/m0/s1. The zero-order valence-corrected chi connectivity index (χ0v) is 20.6. The molecule has 0 N–H and O–H groups in total. The van der Waals surface area contributed by atoms with Gasteiger partial charge >= 0.3 is 5.97 Å². The summed E-state index contributed by atoms with van der Waals surface area (Å²) in [6, 6.07) is 14.6. The number of esters is 1. The van der Waals surface area contributed by atoms with Crippen molar-refractivity contribution in [1.82, 2.24) is 9.91 Å². The molecule has 35 heavy (non-hydrogen) atoms. The van der Waals surface area contributed by atoms with Crippen LogP contribution in [0.3, 0.4) is 0 Å². The van der Waals surface area contributed by atoms with Crippen molar-refractivity contribution in [2.45, 2.75) is 44.7 Å². The molecule has 2 atom stereocenters. The molecule has 2 aliphatic rings. The first kappa shape index (κ1) is 24.7. The summed E-state index contributed by atoms with van der Waals surface area (Å²) >= 11 is 0. The lowest BCUT2D eigenvalue weighted by Crippen LogP contribution is -2.49. The number of benzene rings is 2. The fraction of sp³-hybridized carbons (Fsp3) is 0.444. The highest BCUT2D eigenvalue weighted by molar-refractivity contribution is 6.05. The number of hydrogen-bond acceptors (Lipinski definition) is 7. The normalized spacial score (nSPS) is 20.3. The van der Waals surface area contributed by atoms with Crippen molar-refractivity contribution in [3.05, 3.63) is 59.7 Å². The fourth-order valence-electron chi connectivity index (χ4n) is 4.90. The SMILES string of the molecule is CCOC(=O)[C@@H]1CCCCN1CC(=O)N1N=C(c2ccccc2OC)C[C@@H]1c1ccccc1OC. The number of hydrogen-bond donors (Lipinski definition) is 0. The van der Waals surface area contributed by atoms with Gasteiger partial charge in [0.25, 0.3) is 5.91 Å². The van der Waals surface area contributed by atoms with Gasteiger partial charge in [-0.3, -0.25) is 14.5 Å². The topological polar surface area (TPSA) is 80.7 Å². The summed E-state index contributed by atoms with van der Waals surface area (Å²) in [4.78, 5) is 28.2. The van der Waals surface area contributed by atoms with E-state index in [1.165, 1.54) is 0 Å². The number of rotatable bonds is 8. The van der Waals surface area contributed by atoms with Gasteiger partial charge in [-0.1, -0.05) is 36.8 Å². The van der Waals surface area contributed by atoms with Gasteiger partial charge in [-0.25, -0.2) is 5.01 Å². The molecule has 0 saturated carbocycles. The van der Waals surface area contributed by atoms with Crippen LogP contribution in [0.25, 0.3) is 0 Å². The smallest absolute Gasteiger partial charge is 0.323 e. The number of likely N-dealkylation sites (tertiary alicyclic amines) is 1. The second kappa shape index (κ2) is 11.4.